The van der Waals surface area contributed by atoms with Crippen LogP contribution in [0.2, 0.25) is 0 Å². The average molecular weight is 576 g/mol. The number of hydrogen-bond donors (Lipinski definition) is 1. The van der Waals surface area contributed by atoms with Crippen molar-refractivity contribution >= 4 is 38.8 Å². The fourth-order valence-corrected chi connectivity index (χ4v) is 6.98. The van der Waals surface area contributed by atoms with Crippen LogP contribution in [0.15, 0.2) is 41.0 Å². The summed E-state index contributed by atoms with van der Waals surface area (Å²) in [5.41, 5.74) is 4.49. The Morgan fingerprint density at radius 3 is 2.84 bits per heavy atom. The van der Waals surface area contributed by atoms with E-state index in [9.17, 15) is 4.79 Å². The Hall–Kier alpha value is -3.24. The first-order valence-electron chi connectivity index (χ1n) is 13.2. The van der Waals surface area contributed by atoms with Crippen LogP contribution in [-0.4, -0.2) is 61.4 Å². The number of aromatic nitrogens is 5. The van der Waals surface area contributed by atoms with E-state index in [1.165, 1.54) is 0 Å². The summed E-state index contributed by atoms with van der Waals surface area (Å²) in [5.74, 6) is 1.74. The Morgan fingerprint density at radius 2 is 2.00 bits per heavy atom. The lowest BCUT2D eigenvalue weighted by Gasteiger charge is -2.40. The van der Waals surface area contributed by atoms with Gasteiger partial charge in [-0.15, -0.1) is 0 Å². The standard InChI is InChI=1S/C28H30BrN7O2/c1-17-11-19-12-23(31-17)21-14-30-34(2)26(21)38-10-9-35-15-18-5-7-28(16-35,8-6-18)36-24-13-20(29)3-4-22(24)32-27(36)33-25(19)37/h3-4,11-14,18H,5-10,15-16H2,1-2H3,(H,32,33,37). The van der Waals surface area contributed by atoms with Gasteiger partial charge in [-0.3, -0.25) is 20.0 Å². The zero-order chi connectivity index (χ0) is 26.0. The number of fused-ring (bicyclic) bond motifs is 9. The number of carbonyl (C=O) groups is 1. The molecular weight excluding hydrogens is 546 g/mol. The van der Waals surface area contributed by atoms with Crippen molar-refractivity contribution in [1.29, 1.82) is 0 Å². The van der Waals surface area contributed by atoms with Crippen molar-refractivity contribution in [2.45, 2.75) is 38.1 Å². The van der Waals surface area contributed by atoms with Gasteiger partial charge in [-0.2, -0.15) is 5.10 Å². The van der Waals surface area contributed by atoms with E-state index in [-0.39, 0.29) is 11.4 Å². The van der Waals surface area contributed by atoms with E-state index in [1.54, 1.807) is 10.9 Å². The molecule has 3 aliphatic heterocycles. The van der Waals surface area contributed by atoms with Gasteiger partial charge in [-0.1, -0.05) is 15.9 Å². The second-order valence-corrected chi connectivity index (χ2v) is 11.9. The Morgan fingerprint density at radius 1 is 1.16 bits per heavy atom. The molecule has 10 heteroatoms. The predicted molar refractivity (Wildman–Crippen MR) is 148 cm³/mol. The van der Waals surface area contributed by atoms with Gasteiger partial charge in [0.2, 0.25) is 11.8 Å². The van der Waals surface area contributed by atoms with Crippen LogP contribution in [0, 0.1) is 12.8 Å². The molecule has 1 aromatic carbocycles. The first kappa shape index (κ1) is 23.8. The highest BCUT2D eigenvalue weighted by Crippen LogP contribution is 2.45. The largest absolute Gasteiger partial charge is 0.476 e. The second-order valence-electron chi connectivity index (χ2n) is 11.0. The fraction of sp³-hybridized carbons (Fsp3) is 0.429. The molecule has 9 nitrogen and oxygen atoms in total. The summed E-state index contributed by atoms with van der Waals surface area (Å²) >= 11 is 3.67. The lowest BCUT2D eigenvalue weighted by atomic mass is 9.78. The number of hydrogen-bond acceptors (Lipinski definition) is 6. The number of nitrogens with one attached hydrogen (secondary N) is 1. The fourth-order valence-electron chi connectivity index (χ4n) is 6.63. The van der Waals surface area contributed by atoms with Gasteiger partial charge >= 0.3 is 0 Å². The van der Waals surface area contributed by atoms with Gasteiger partial charge in [0.05, 0.1) is 34.0 Å². The van der Waals surface area contributed by atoms with Crippen molar-refractivity contribution in [1.82, 2.24) is 29.2 Å². The molecule has 4 aromatic rings. The van der Waals surface area contributed by atoms with Gasteiger partial charge in [0, 0.05) is 42.4 Å². The summed E-state index contributed by atoms with van der Waals surface area (Å²) in [6.45, 7) is 5.21. The molecule has 2 saturated heterocycles. The Bertz CT molecular complexity index is 1570. The summed E-state index contributed by atoms with van der Waals surface area (Å²) in [5, 5.41) is 7.64. The number of amides is 1. The molecule has 196 valence electrons. The van der Waals surface area contributed by atoms with Gasteiger partial charge in [0.1, 0.15) is 6.61 Å². The number of halogens is 1. The SMILES string of the molecule is Cc1cc2cc(n1)-c1cnn(C)c1OCCN1CC3CCC(CC3)(C1)n1c(nc3ccc(Br)cc31)NC2=O. The maximum absolute atomic E-state index is 13.8. The number of carbonyl (C=O) groups excluding carboxylic acids is 1. The van der Waals surface area contributed by atoms with E-state index >= 15 is 0 Å². The van der Waals surface area contributed by atoms with E-state index in [2.05, 4.69) is 41.9 Å². The molecule has 4 aliphatic rings. The van der Waals surface area contributed by atoms with Gasteiger partial charge in [0.25, 0.3) is 5.91 Å². The highest BCUT2D eigenvalue weighted by molar-refractivity contribution is 9.10. The quantitative estimate of drug-likeness (QED) is 0.325. The molecule has 1 aliphatic carbocycles. The van der Waals surface area contributed by atoms with Gasteiger partial charge in [-0.05, 0) is 68.9 Å². The van der Waals surface area contributed by atoms with Crippen molar-refractivity contribution in [3.63, 3.8) is 0 Å². The first-order valence-corrected chi connectivity index (χ1v) is 14.0. The normalized spacial score (nSPS) is 25.0. The summed E-state index contributed by atoms with van der Waals surface area (Å²) in [6, 6.07) is 9.78. The van der Waals surface area contributed by atoms with E-state index in [0.717, 1.165) is 72.1 Å². The third kappa shape index (κ3) is 3.92. The molecule has 1 amide bonds. The van der Waals surface area contributed by atoms with Crippen LogP contribution < -0.4 is 10.1 Å². The number of pyridine rings is 1. The predicted octanol–water partition coefficient (Wildman–Crippen LogP) is 4.75. The molecule has 3 fully saturated rings. The van der Waals surface area contributed by atoms with Crippen LogP contribution in [0.4, 0.5) is 5.95 Å². The summed E-state index contributed by atoms with van der Waals surface area (Å²) < 4.78 is 11.4. The molecule has 6 heterocycles. The zero-order valence-corrected chi connectivity index (χ0v) is 23.2. The van der Waals surface area contributed by atoms with Gasteiger partial charge < -0.3 is 9.30 Å². The monoisotopic (exact) mass is 575 g/mol. The third-order valence-electron chi connectivity index (χ3n) is 8.41. The lowest BCUT2D eigenvalue weighted by Crippen LogP contribution is -2.45. The molecule has 3 aromatic heterocycles. The minimum Gasteiger partial charge on any atom is -0.476 e. The Kier molecular flexibility index (Phi) is 5.59. The number of ether oxygens (including phenoxy) is 1. The number of anilines is 1. The molecule has 1 atom stereocenters. The minimum atomic E-state index is -0.204. The summed E-state index contributed by atoms with van der Waals surface area (Å²) in [7, 11) is 1.87. The van der Waals surface area contributed by atoms with Crippen molar-refractivity contribution < 1.29 is 9.53 Å². The third-order valence-corrected chi connectivity index (χ3v) is 8.90. The van der Waals surface area contributed by atoms with Crippen LogP contribution in [0.3, 0.4) is 0 Å². The van der Waals surface area contributed by atoms with E-state index in [1.807, 2.05) is 38.2 Å². The molecule has 5 bridgehead atoms. The molecular formula is C28H30BrN7O2. The number of imidazole rings is 1. The van der Waals surface area contributed by atoms with Crippen molar-refractivity contribution in [2.24, 2.45) is 13.0 Å². The van der Waals surface area contributed by atoms with E-state index in [4.69, 9.17) is 14.7 Å². The molecule has 0 radical (unpaired) electrons. The topological polar surface area (TPSA) is 90.1 Å². The first-order chi connectivity index (χ1) is 18.4. The van der Waals surface area contributed by atoms with Crippen LogP contribution in [-0.2, 0) is 12.6 Å². The number of benzene rings is 1. The maximum atomic E-state index is 13.8. The van der Waals surface area contributed by atoms with E-state index < -0.39 is 0 Å². The molecule has 1 unspecified atom stereocenters. The highest BCUT2D eigenvalue weighted by atomic mass is 79.9. The molecule has 8 rings (SSSR count). The molecule has 1 N–H and O–H groups in total. The van der Waals surface area contributed by atoms with Crippen LogP contribution in [0.25, 0.3) is 22.3 Å². The van der Waals surface area contributed by atoms with Crippen LogP contribution in [0.5, 0.6) is 5.88 Å². The number of nitrogens with zero attached hydrogens (tertiary/aromatic N) is 6. The molecule has 1 spiro atoms. The van der Waals surface area contributed by atoms with Gasteiger partial charge in [-0.25, -0.2) is 9.67 Å². The average Bonchev–Trinajstić information content (AvgIpc) is 3.31. The summed E-state index contributed by atoms with van der Waals surface area (Å²) in [6.07, 6.45) is 6.20. The van der Waals surface area contributed by atoms with Crippen LogP contribution >= 0.6 is 15.9 Å². The van der Waals surface area contributed by atoms with Crippen LogP contribution in [0.1, 0.15) is 41.7 Å². The number of aryl methyl sites for hydroxylation is 2. The highest BCUT2D eigenvalue weighted by Gasteiger charge is 2.44. The van der Waals surface area contributed by atoms with Crippen molar-refractivity contribution in [2.75, 3.05) is 31.6 Å². The number of rotatable bonds is 0. The minimum absolute atomic E-state index is 0.164. The van der Waals surface area contributed by atoms with Crippen molar-refractivity contribution in [3.8, 4) is 17.1 Å². The molecule has 1 saturated carbocycles. The zero-order valence-electron chi connectivity index (χ0n) is 21.6. The summed E-state index contributed by atoms with van der Waals surface area (Å²) in [4.78, 5) is 26.0. The smallest absolute Gasteiger partial charge is 0.258 e. The maximum Gasteiger partial charge on any atom is 0.258 e. The Labute approximate surface area is 229 Å². The van der Waals surface area contributed by atoms with E-state index in [0.29, 0.717) is 35.6 Å². The molecule has 38 heavy (non-hydrogen) atoms. The second kappa shape index (κ2) is 8.91. The Balaban J connectivity index is 1.42. The van der Waals surface area contributed by atoms with Crippen molar-refractivity contribution in [3.05, 3.63) is 52.3 Å². The van der Waals surface area contributed by atoms with Gasteiger partial charge in [0.15, 0.2) is 0 Å². The lowest BCUT2D eigenvalue weighted by molar-refractivity contribution is 0.102.